The SMILES string of the molecule is CCc1cnn(CCO)c1Cl. The summed E-state index contributed by atoms with van der Waals surface area (Å²) in [5.41, 5.74) is 1.03. The van der Waals surface area contributed by atoms with Gasteiger partial charge < -0.3 is 5.11 Å². The highest BCUT2D eigenvalue weighted by atomic mass is 35.5. The third-order valence-electron chi connectivity index (χ3n) is 1.54. The van der Waals surface area contributed by atoms with E-state index in [1.54, 1.807) is 10.9 Å². The van der Waals surface area contributed by atoms with Crippen LogP contribution >= 0.6 is 11.6 Å². The maximum atomic E-state index is 8.61. The van der Waals surface area contributed by atoms with Crippen LogP contribution in [-0.4, -0.2) is 21.5 Å². The van der Waals surface area contributed by atoms with E-state index in [-0.39, 0.29) is 6.61 Å². The van der Waals surface area contributed by atoms with Crippen molar-refractivity contribution in [3.05, 3.63) is 16.9 Å². The van der Waals surface area contributed by atoms with Crippen LogP contribution in [0.15, 0.2) is 6.20 Å². The van der Waals surface area contributed by atoms with Gasteiger partial charge in [-0.1, -0.05) is 18.5 Å². The Morgan fingerprint density at radius 2 is 2.45 bits per heavy atom. The molecule has 1 aromatic rings. The second kappa shape index (κ2) is 3.74. The van der Waals surface area contributed by atoms with Crippen molar-refractivity contribution in [2.24, 2.45) is 0 Å². The fourth-order valence-corrected chi connectivity index (χ4v) is 1.21. The van der Waals surface area contributed by atoms with Crippen molar-refractivity contribution in [2.45, 2.75) is 19.9 Å². The van der Waals surface area contributed by atoms with Crippen molar-refractivity contribution in [1.29, 1.82) is 0 Å². The molecule has 0 saturated heterocycles. The molecule has 0 fully saturated rings. The summed E-state index contributed by atoms with van der Waals surface area (Å²) in [5, 5.41) is 13.2. The maximum Gasteiger partial charge on any atom is 0.130 e. The normalized spacial score (nSPS) is 10.5. The summed E-state index contributed by atoms with van der Waals surface area (Å²) < 4.78 is 1.60. The Hall–Kier alpha value is -0.540. The number of rotatable bonds is 3. The molecule has 0 aromatic carbocycles. The summed E-state index contributed by atoms with van der Waals surface area (Å²) >= 11 is 5.89. The topological polar surface area (TPSA) is 38.0 Å². The van der Waals surface area contributed by atoms with Crippen molar-refractivity contribution in [3.63, 3.8) is 0 Å². The molecule has 0 amide bonds. The minimum Gasteiger partial charge on any atom is -0.394 e. The summed E-state index contributed by atoms with van der Waals surface area (Å²) in [6.07, 6.45) is 2.61. The summed E-state index contributed by atoms with van der Waals surface area (Å²) in [7, 11) is 0. The minimum atomic E-state index is 0.0740. The van der Waals surface area contributed by atoms with Gasteiger partial charge >= 0.3 is 0 Å². The zero-order valence-electron chi connectivity index (χ0n) is 6.42. The molecule has 0 unspecified atom stereocenters. The molecular formula is C7H11ClN2O. The molecule has 62 valence electrons. The van der Waals surface area contributed by atoms with E-state index < -0.39 is 0 Å². The molecule has 0 aliphatic carbocycles. The first kappa shape index (κ1) is 8.56. The van der Waals surface area contributed by atoms with E-state index >= 15 is 0 Å². The first-order valence-electron chi connectivity index (χ1n) is 3.60. The predicted octanol–water partition coefficient (Wildman–Crippen LogP) is 1.09. The van der Waals surface area contributed by atoms with Crippen LogP contribution in [0.4, 0.5) is 0 Å². The highest BCUT2D eigenvalue weighted by Crippen LogP contribution is 2.14. The first-order valence-corrected chi connectivity index (χ1v) is 3.98. The number of aryl methyl sites for hydroxylation is 1. The van der Waals surface area contributed by atoms with Gasteiger partial charge in [0.15, 0.2) is 0 Å². The third-order valence-corrected chi connectivity index (χ3v) is 1.98. The molecule has 0 aliphatic heterocycles. The van der Waals surface area contributed by atoms with Gasteiger partial charge in [-0.3, -0.25) is 4.68 Å². The Kier molecular flexibility index (Phi) is 2.91. The third kappa shape index (κ3) is 1.73. The number of aromatic nitrogens is 2. The quantitative estimate of drug-likeness (QED) is 0.745. The zero-order chi connectivity index (χ0) is 8.27. The van der Waals surface area contributed by atoms with Gasteiger partial charge in [0.25, 0.3) is 0 Å². The number of hydrogen-bond donors (Lipinski definition) is 1. The number of aliphatic hydroxyl groups is 1. The zero-order valence-corrected chi connectivity index (χ0v) is 7.17. The van der Waals surface area contributed by atoms with Gasteiger partial charge in [0.1, 0.15) is 5.15 Å². The standard InChI is InChI=1S/C7H11ClN2O/c1-2-6-5-9-10(3-4-11)7(6)8/h5,11H,2-4H2,1H3. The summed E-state index contributed by atoms with van der Waals surface area (Å²) in [6.45, 7) is 2.57. The van der Waals surface area contributed by atoms with Gasteiger partial charge in [-0.15, -0.1) is 0 Å². The van der Waals surface area contributed by atoms with E-state index in [0.717, 1.165) is 12.0 Å². The molecule has 1 heterocycles. The molecule has 11 heavy (non-hydrogen) atoms. The van der Waals surface area contributed by atoms with Gasteiger partial charge in [0.05, 0.1) is 19.3 Å². The average Bonchev–Trinajstić information content (AvgIpc) is 2.34. The predicted molar refractivity (Wildman–Crippen MR) is 43.7 cm³/mol. The van der Waals surface area contributed by atoms with Crippen LogP contribution in [-0.2, 0) is 13.0 Å². The fraction of sp³-hybridized carbons (Fsp3) is 0.571. The molecule has 0 bridgehead atoms. The highest BCUT2D eigenvalue weighted by molar-refractivity contribution is 6.30. The van der Waals surface area contributed by atoms with Crippen LogP contribution < -0.4 is 0 Å². The summed E-state index contributed by atoms with van der Waals surface area (Å²) in [4.78, 5) is 0. The second-order valence-corrected chi connectivity index (χ2v) is 2.62. The average molecular weight is 175 g/mol. The summed E-state index contributed by atoms with van der Waals surface area (Å²) in [6, 6.07) is 0. The van der Waals surface area contributed by atoms with Crippen LogP contribution in [0, 0.1) is 0 Å². The van der Waals surface area contributed by atoms with Gasteiger partial charge in [-0.2, -0.15) is 5.10 Å². The Morgan fingerprint density at radius 3 is 2.91 bits per heavy atom. The molecule has 4 heteroatoms. The molecule has 1 N–H and O–H groups in total. The molecule has 0 spiro atoms. The van der Waals surface area contributed by atoms with Crippen LogP contribution in [0.5, 0.6) is 0 Å². The molecule has 1 aromatic heterocycles. The van der Waals surface area contributed by atoms with Gasteiger partial charge in [-0.25, -0.2) is 0 Å². The second-order valence-electron chi connectivity index (χ2n) is 2.26. The van der Waals surface area contributed by atoms with Crippen molar-refractivity contribution in [3.8, 4) is 0 Å². The largest absolute Gasteiger partial charge is 0.394 e. The van der Waals surface area contributed by atoms with E-state index in [2.05, 4.69) is 5.10 Å². The smallest absolute Gasteiger partial charge is 0.130 e. The maximum absolute atomic E-state index is 8.61. The first-order chi connectivity index (χ1) is 5.29. The van der Waals surface area contributed by atoms with Crippen LogP contribution in [0.2, 0.25) is 5.15 Å². The molecule has 0 radical (unpaired) electrons. The lowest BCUT2D eigenvalue weighted by molar-refractivity contribution is 0.269. The van der Waals surface area contributed by atoms with E-state index in [1.165, 1.54) is 0 Å². The Balaban J connectivity index is 2.82. The molecule has 0 atom stereocenters. The van der Waals surface area contributed by atoms with Crippen molar-refractivity contribution >= 4 is 11.6 Å². The van der Waals surface area contributed by atoms with Gasteiger partial charge in [0, 0.05) is 5.56 Å². The van der Waals surface area contributed by atoms with E-state index in [0.29, 0.717) is 11.7 Å². The molecular weight excluding hydrogens is 164 g/mol. The van der Waals surface area contributed by atoms with Crippen molar-refractivity contribution in [2.75, 3.05) is 6.61 Å². The van der Waals surface area contributed by atoms with Gasteiger partial charge in [-0.05, 0) is 6.42 Å². The van der Waals surface area contributed by atoms with E-state index in [4.69, 9.17) is 16.7 Å². The van der Waals surface area contributed by atoms with Crippen LogP contribution in [0.25, 0.3) is 0 Å². The van der Waals surface area contributed by atoms with Crippen molar-refractivity contribution in [1.82, 2.24) is 9.78 Å². The fourth-order valence-electron chi connectivity index (χ4n) is 0.897. The molecule has 3 nitrogen and oxygen atoms in total. The lowest BCUT2D eigenvalue weighted by atomic mass is 10.3. The monoisotopic (exact) mass is 174 g/mol. The number of aliphatic hydroxyl groups excluding tert-OH is 1. The minimum absolute atomic E-state index is 0.0740. The van der Waals surface area contributed by atoms with E-state index in [1.807, 2.05) is 6.92 Å². The summed E-state index contributed by atoms with van der Waals surface area (Å²) in [5.74, 6) is 0. The molecule has 0 aliphatic rings. The van der Waals surface area contributed by atoms with Crippen LogP contribution in [0.3, 0.4) is 0 Å². The lowest BCUT2D eigenvalue weighted by Crippen LogP contribution is -2.03. The van der Waals surface area contributed by atoms with Gasteiger partial charge in [0.2, 0.25) is 0 Å². The molecule has 1 rings (SSSR count). The van der Waals surface area contributed by atoms with Crippen molar-refractivity contribution < 1.29 is 5.11 Å². The number of nitrogens with zero attached hydrogens (tertiary/aromatic N) is 2. The Bertz CT molecular complexity index is 234. The molecule has 0 saturated carbocycles. The van der Waals surface area contributed by atoms with E-state index in [9.17, 15) is 0 Å². The van der Waals surface area contributed by atoms with Crippen LogP contribution in [0.1, 0.15) is 12.5 Å². The number of hydrogen-bond acceptors (Lipinski definition) is 2. The number of halogens is 1. The highest BCUT2D eigenvalue weighted by Gasteiger charge is 2.04. The Labute approximate surface area is 70.6 Å². The Morgan fingerprint density at radius 1 is 1.73 bits per heavy atom. The lowest BCUT2D eigenvalue weighted by Gasteiger charge is -1.98.